The van der Waals surface area contributed by atoms with Crippen LogP contribution in [0.1, 0.15) is 44.9 Å². The molecular weight excluding hydrogens is 238 g/mol. The summed E-state index contributed by atoms with van der Waals surface area (Å²) in [6.45, 7) is 8.84. The molecule has 98 valence electrons. The van der Waals surface area contributed by atoms with Crippen LogP contribution in [-0.2, 0) is 4.43 Å². The summed E-state index contributed by atoms with van der Waals surface area (Å²) in [5.41, 5.74) is 1.87. The van der Waals surface area contributed by atoms with Crippen molar-refractivity contribution in [1.82, 2.24) is 0 Å². The minimum Gasteiger partial charge on any atom is -0.410 e. The predicted octanol–water partition coefficient (Wildman–Crippen LogP) is 4.64. The van der Waals surface area contributed by atoms with E-state index < -0.39 is 8.32 Å². The summed E-state index contributed by atoms with van der Waals surface area (Å²) in [4.78, 5) is 0. The van der Waals surface area contributed by atoms with E-state index in [0.717, 1.165) is 0 Å². The van der Waals surface area contributed by atoms with Gasteiger partial charge in [-0.25, -0.2) is 0 Å². The minimum atomic E-state index is -1.55. The van der Waals surface area contributed by atoms with Crippen molar-refractivity contribution < 1.29 is 4.43 Å². The lowest BCUT2D eigenvalue weighted by atomic mass is 10.1. The quantitative estimate of drug-likeness (QED) is 0.699. The molecule has 0 fully saturated rings. The van der Waals surface area contributed by atoms with Crippen LogP contribution in [0.15, 0.2) is 24.3 Å². The molecule has 1 rings (SSSR count). The molecule has 1 aromatic carbocycles. The van der Waals surface area contributed by atoms with Gasteiger partial charge >= 0.3 is 0 Å². The first kappa shape index (κ1) is 14.9. The Hall–Kier alpha value is -1.11. The summed E-state index contributed by atoms with van der Waals surface area (Å²) >= 11 is 0. The predicted molar refractivity (Wildman–Crippen MR) is 77.9 cm³/mol. The van der Waals surface area contributed by atoms with Gasteiger partial charge in [-0.05, 0) is 42.8 Å². The average molecular weight is 261 g/mol. The largest absolute Gasteiger partial charge is 0.410 e. The zero-order valence-corrected chi connectivity index (χ0v) is 12.9. The number of hydrogen-bond donors (Lipinski definition) is 0. The van der Waals surface area contributed by atoms with Crippen molar-refractivity contribution in [2.24, 2.45) is 0 Å². The smallest absolute Gasteiger partial charge is 0.192 e. The van der Waals surface area contributed by atoms with Crippen LogP contribution in [0.4, 0.5) is 0 Å². The highest BCUT2D eigenvalue weighted by Gasteiger charge is 2.30. The van der Waals surface area contributed by atoms with Gasteiger partial charge in [0.1, 0.15) is 0 Å². The lowest BCUT2D eigenvalue weighted by molar-refractivity contribution is 0.210. The van der Waals surface area contributed by atoms with E-state index in [1.54, 1.807) is 0 Å². The zero-order valence-electron chi connectivity index (χ0n) is 11.9. The van der Waals surface area contributed by atoms with Gasteiger partial charge in [0.25, 0.3) is 0 Å². The Bertz CT molecular complexity index is 395. The normalized spacial score (nSPS) is 13.1. The number of rotatable bonds is 6. The third kappa shape index (κ3) is 3.44. The van der Waals surface area contributed by atoms with E-state index in [1.807, 2.05) is 24.3 Å². The van der Waals surface area contributed by atoms with E-state index in [1.165, 1.54) is 23.7 Å². The summed E-state index contributed by atoms with van der Waals surface area (Å²) in [6.07, 6.45) is 0.129. The molecule has 0 aliphatic carbocycles. The van der Waals surface area contributed by atoms with Crippen molar-refractivity contribution in [3.05, 3.63) is 35.4 Å². The van der Waals surface area contributed by atoms with Crippen molar-refractivity contribution in [1.29, 1.82) is 5.26 Å². The van der Waals surface area contributed by atoms with Gasteiger partial charge in [-0.1, -0.05) is 32.9 Å². The molecule has 3 heteroatoms. The summed E-state index contributed by atoms with van der Waals surface area (Å²) in [6, 6.07) is 13.4. The Morgan fingerprint density at radius 1 is 1.11 bits per heavy atom. The maximum Gasteiger partial charge on any atom is 0.192 e. The van der Waals surface area contributed by atoms with E-state index >= 15 is 0 Å². The number of nitriles is 1. The molecule has 0 heterocycles. The lowest BCUT2D eigenvalue weighted by Crippen LogP contribution is -2.36. The SMILES string of the molecule is CC[Si](CC)(CC)OC(C)c1ccc(C#N)cc1. The molecule has 0 spiro atoms. The van der Waals surface area contributed by atoms with Crippen LogP contribution < -0.4 is 0 Å². The monoisotopic (exact) mass is 261 g/mol. The molecule has 18 heavy (non-hydrogen) atoms. The number of benzene rings is 1. The Morgan fingerprint density at radius 3 is 2.00 bits per heavy atom. The molecular formula is C15H23NOSi. The number of nitrogens with zero attached hydrogens (tertiary/aromatic N) is 1. The highest BCUT2D eigenvalue weighted by Crippen LogP contribution is 2.29. The molecule has 0 bridgehead atoms. The van der Waals surface area contributed by atoms with Gasteiger partial charge in [-0.3, -0.25) is 0 Å². The molecule has 0 N–H and O–H groups in total. The lowest BCUT2D eigenvalue weighted by Gasteiger charge is -2.32. The van der Waals surface area contributed by atoms with Crippen molar-refractivity contribution in [3.8, 4) is 6.07 Å². The second-order valence-electron chi connectivity index (χ2n) is 4.74. The molecule has 0 aliphatic rings. The third-order valence-corrected chi connectivity index (χ3v) is 8.59. The first-order valence-corrected chi connectivity index (χ1v) is 9.31. The van der Waals surface area contributed by atoms with E-state index in [0.29, 0.717) is 5.56 Å². The van der Waals surface area contributed by atoms with E-state index in [9.17, 15) is 0 Å². The van der Waals surface area contributed by atoms with E-state index in [-0.39, 0.29) is 6.10 Å². The maximum atomic E-state index is 8.79. The summed E-state index contributed by atoms with van der Waals surface area (Å²) in [7, 11) is -1.55. The topological polar surface area (TPSA) is 33.0 Å². The average Bonchev–Trinajstić information content (AvgIpc) is 2.45. The van der Waals surface area contributed by atoms with Crippen LogP contribution in [0, 0.1) is 11.3 Å². The minimum absolute atomic E-state index is 0.129. The first-order valence-electron chi connectivity index (χ1n) is 6.78. The highest BCUT2D eigenvalue weighted by molar-refractivity contribution is 6.73. The third-order valence-electron chi connectivity index (χ3n) is 3.87. The molecule has 1 aromatic rings. The van der Waals surface area contributed by atoms with Gasteiger partial charge in [-0.2, -0.15) is 5.26 Å². The summed E-state index contributed by atoms with van der Waals surface area (Å²) in [5.74, 6) is 0. The number of hydrogen-bond acceptors (Lipinski definition) is 2. The van der Waals surface area contributed by atoms with E-state index in [4.69, 9.17) is 9.69 Å². The van der Waals surface area contributed by atoms with Crippen LogP contribution in [-0.4, -0.2) is 8.32 Å². The molecule has 0 saturated heterocycles. The standard InChI is InChI=1S/C15H23NOSi/c1-5-18(6-2,7-3)17-13(4)15-10-8-14(12-16)9-11-15/h8-11,13H,5-7H2,1-4H3. The molecule has 0 aliphatic heterocycles. The molecule has 1 atom stereocenters. The van der Waals surface area contributed by atoms with Gasteiger partial charge in [-0.15, -0.1) is 0 Å². The Balaban J connectivity index is 2.80. The molecule has 0 saturated carbocycles. The first-order chi connectivity index (χ1) is 8.60. The fourth-order valence-corrected chi connectivity index (χ4v) is 5.16. The van der Waals surface area contributed by atoms with Crippen LogP contribution >= 0.6 is 0 Å². The van der Waals surface area contributed by atoms with Gasteiger partial charge in [0.15, 0.2) is 8.32 Å². The van der Waals surface area contributed by atoms with Gasteiger partial charge in [0, 0.05) is 0 Å². The molecule has 0 amide bonds. The molecule has 0 radical (unpaired) electrons. The highest BCUT2D eigenvalue weighted by atomic mass is 28.4. The van der Waals surface area contributed by atoms with Gasteiger partial charge in [0.05, 0.1) is 17.7 Å². The fraction of sp³-hybridized carbons (Fsp3) is 0.533. The second-order valence-corrected chi connectivity index (χ2v) is 9.46. The van der Waals surface area contributed by atoms with Crippen LogP contribution in [0.3, 0.4) is 0 Å². The van der Waals surface area contributed by atoms with E-state index in [2.05, 4.69) is 33.8 Å². The molecule has 1 unspecified atom stereocenters. The molecule has 0 aromatic heterocycles. The Kier molecular flexibility index (Phi) is 5.58. The second kappa shape index (κ2) is 6.72. The summed E-state index contributed by atoms with van der Waals surface area (Å²) < 4.78 is 6.40. The summed E-state index contributed by atoms with van der Waals surface area (Å²) in [5, 5.41) is 8.79. The van der Waals surface area contributed by atoms with Crippen molar-refractivity contribution in [3.63, 3.8) is 0 Å². The van der Waals surface area contributed by atoms with Crippen molar-refractivity contribution in [2.75, 3.05) is 0 Å². The Labute approximate surface area is 112 Å². The zero-order chi connectivity index (χ0) is 13.6. The maximum absolute atomic E-state index is 8.79. The van der Waals surface area contributed by atoms with Crippen LogP contribution in [0.5, 0.6) is 0 Å². The van der Waals surface area contributed by atoms with Gasteiger partial charge < -0.3 is 4.43 Å². The van der Waals surface area contributed by atoms with Crippen LogP contribution in [0.2, 0.25) is 18.1 Å². The molecule has 2 nitrogen and oxygen atoms in total. The van der Waals surface area contributed by atoms with Crippen molar-refractivity contribution in [2.45, 2.75) is 51.9 Å². The van der Waals surface area contributed by atoms with Gasteiger partial charge in [0.2, 0.25) is 0 Å². The van der Waals surface area contributed by atoms with Crippen LogP contribution in [0.25, 0.3) is 0 Å². The fourth-order valence-electron chi connectivity index (χ4n) is 2.27. The Morgan fingerprint density at radius 2 is 1.61 bits per heavy atom. The van der Waals surface area contributed by atoms with Crippen molar-refractivity contribution >= 4 is 8.32 Å².